The summed E-state index contributed by atoms with van der Waals surface area (Å²) in [6, 6.07) is 10.6. The molecule has 0 radical (unpaired) electrons. The van der Waals surface area contributed by atoms with Crippen LogP contribution in [0.4, 0.5) is 19.3 Å². The minimum Gasteiger partial charge on any atom is -0.444 e. The molecule has 0 heterocycles. The molecule has 1 N–H and O–H groups in total. The molecular formula is C21H23F2NO8S2. The highest BCUT2D eigenvalue weighted by Gasteiger charge is 2.54. The second kappa shape index (κ2) is 10.3. The lowest BCUT2D eigenvalue weighted by Gasteiger charge is -2.10. The molecule has 1 unspecified atom stereocenters. The van der Waals surface area contributed by atoms with Crippen LogP contribution in [0.2, 0.25) is 0 Å². The normalized spacial score (nSPS) is 20.1. The Labute approximate surface area is 196 Å². The van der Waals surface area contributed by atoms with Crippen molar-refractivity contribution < 1.29 is 43.5 Å². The van der Waals surface area contributed by atoms with Crippen LogP contribution in [0.5, 0.6) is 0 Å². The van der Waals surface area contributed by atoms with Gasteiger partial charge >= 0.3 is 6.09 Å². The van der Waals surface area contributed by atoms with E-state index in [0.29, 0.717) is 0 Å². The van der Waals surface area contributed by atoms with Crippen molar-refractivity contribution in [3.05, 3.63) is 65.2 Å². The van der Waals surface area contributed by atoms with Crippen molar-refractivity contribution in [2.75, 3.05) is 31.0 Å². The summed E-state index contributed by atoms with van der Waals surface area (Å²) in [6.07, 6.45) is 0.733. The van der Waals surface area contributed by atoms with E-state index in [0.717, 1.165) is 30.2 Å². The smallest absolute Gasteiger partial charge is 0.411 e. The van der Waals surface area contributed by atoms with Crippen molar-refractivity contribution in [1.82, 2.24) is 0 Å². The largest absolute Gasteiger partial charge is 0.444 e. The third-order valence-corrected chi connectivity index (χ3v) is 6.28. The monoisotopic (exact) mass is 519 g/mol. The summed E-state index contributed by atoms with van der Waals surface area (Å²) in [5, 5.41) is 2.24. The van der Waals surface area contributed by atoms with Gasteiger partial charge in [-0.1, -0.05) is 30.3 Å². The van der Waals surface area contributed by atoms with E-state index in [1.54, 1.807) is 30.3 Å². The first-order valence-corrected chi connectivity index (χ1v) is 13.6. The third kappa shape index (κ3) is 7.45. The Balaban J connectivity index is 1.71. The predicted octanol–water partition coefficient (Wildman–Crippen LogP) is 3.00. The van der Waals surface area contributed by atoms with Crippen molar-refractivity contribution in [1.29, 1.82) is 0 Å². The Bertz CT molecular complexity index is 1190. The van der Waals surface area contributed by atoms with Crippen LogP contribution < -0.4 is 5.32 Å². The maximum atomic E-state index is 14.8. The second-order valence-corrected chi connectivity index (χ2v) is 11.2. The molecule has 1 aliphatic carbocycles. The molecule has 9 nitrogen and oxygen atoms in total. The molecule has 0 saturated heterocycles. The average molecular weight is 520 g/mol. The lowest BCUT2D eigenvalue weighted by atomic mass is 10.1. The zero-order chi connectivity index (χ0) is 25.1. The van der Waals surface area contributed by atoms with Gasteiger partial charge in [0, 0.05) is 17.2 Å². The molecule has 13 heteroatoms. The molecule has 1 aliphatic rings. The molecule has 1 saturated carbocycles. The summed E-state index contributed by atoms with van der Waals surface area (Å²) >= 11 is 0. The Morgan fingerprint density at radius 3 is 1.88 bits per heavy atom. The summed E-state index contributed by atoms with van der Waals surface area (Å²) in [6.45, 7) is -0.834. The molecule has 1 amide bonds. The van der Waals surface area contributed by atoms with Crippen LogP contribution in [0.25, 0.3) is 0 Å². The number of carbonyl (C=O) groups excluding carboxylic acids is 1. The molecule has 34 heavy (non-hydrogen) atoms. The molecule has 1 fully saturated rings. The van der Waals surface area contributed by atoms with Gasteiger partial charge in [0.1, 0.15) is 18.2 Å². The second-order valence-electron chi connectivity index (χ2n) is 7.87. The quantitative estimate of drug-likeness (QED) is 0.475. The van der Waals surface area contributed by atoms with Crippen LogP contribution in [-0.4, -0.2) is 48.7 Å². The molecule has 2 aromatic carbocycles. The van der Waals surface area contributed by atoms with Crippen LogP contribution in [-0.2, 0) is 39.9 Å². The maximum Gasteiger partial charge on any atom is 0.411 e. The fourth-order valence-corrected chi connectivity index (χ4v) is 4.39. The van der Waals surface area contributed by atoms with Crippen LogP contribution in [0, 0.1) is 23.5 Å². The average Bonchev–Trinajstić information content (AvgIpc) is 3.41. The van der Waals surface area contributed by atoms with E-state index < -0.39 is 68.9 Å². The van der Waals surface area contributed by atoms with Gasteiger partial charge < -0.3 is 4.74 Å². The maximum absolute atomic E-state index is 14.8. The van der Waals surface area contributed by atoms with Gasteiger partial charge in [-0.15, -0.1) is 0 Å². The lowest BCUT2D eigenvalue weighted by Crippen LogP contribution is -2.14. The fourth-order valence-electron chi connectivity index (χ4n) is 3.58. The minimum absolute atomic E-state index is 0.0399. The summed E-state index contributed by atoms with van der Waals surface area (Å²) in [4.78, 5) is 12.0. The Morgan fingerprint density at radius 1 is 0.912 bits per heavy atom. The van der Waals surface area contributed by atoms with E-state index >= 15 is 0 Å². The van der Waals surface area contributed by atoms with Crippen molar-refractivity contribution in [2.24, 2.45) is 11.8 Å². The first-order valence-electron chi connectivity index (χ1n) is 9.99. The number of nitrogens with one attached hydrogen (secondary N) is 1. The van der Waals surface area contributed by atoms with Crippen LogP contribution in [0.3, 0.4) is 0 Å². The molecule has 3 atom stereocenters. The van der Waals surface area contributed by atoms with Crippen LogP contribution in [0.1, 0.15) is 17.0 Å². The highest BCUT2D eigenvalue weighted by atomic mass is 32.2. The number of hydrogen-bond donors (Lipinski definition) is 1. The molecule has 3 rings (SSSR count). The van der Waals surface area contributed by atoms with Gasteiger partial charge in [0.25, 0.3) is 20.2 Å². The van der Waals surface area contributed by atoms with Gasteiger partial charge in [0.05, 0.1) is 25.7 Å². The number of amides is 1. The number of ether oxygens (including phenoxy) is 1. The van der Waals surface area contributed by atoms with Crippen molar-refractivity contribution in [3.8, 4) is 0 Å². The van der Waals surface area contributed by atoms with Gasteiger partial charge in [-0.25, -0.2) is 13.6 Å². The first kappa shape index (κ1) is 26.0. The van der Waals surface area contributed by atoms with E-state index in [2.05, 4.69) is 5.32 Å². The number of rotatable bonds is 10. The fraction of sp³-hybridized carbons (Fsp3) is 0.381. The minimum atomic E-state index is -3.83. The van der Waals surface area contributed by atoms with Gasteiger partial charge in [0.2, 0.25) is 0 Å². The highest BCUT2D eigenvalue weighted by molar-refractivity contribution is 7.86. The number of anilines is 1. The summed E-state index contributed by atoms with van der Waals surface area (Å²) in [5.74, 6) is -4.29. The SMILES string of the molecule is CS(=O)(=O)OC[C@@H]1C(c2c(F)cc(NC(=O)OCc3ccccc3)cc2F)[C@@H]1COS(C)(=O)=O. The van der Waals surface area contributed by atoms with E-state index in [9.17, 15) is 30.4 Å². The van der Waals surface area contributed by atoms with Crippen LogP contribution >= 0.6 is 0 Å². The van der Waals surface area contributed by atoms with Gasteiger partial charge in [-0.2, -0.15) is 16.8 Å². The molecule has 0 aromatic heterocycles. The van der Waals surface area contributed by atoms with Crippen molar-refractivity contribution in [2.45, 2.75) is 12.5 Å². The topological polar surface area (TPSA) is 125 Å². The highest BCUT2D eigenvalue weighted by Crippen LogP contribution is 2.56. The Kier molecular flexibility index (Phi) is 7.91. The molecule has 2 aromatic rings. The lowest BCUT2D eigenvalue weighted by molar-refractivity contribution is 0.155. The molecule has 186 valence electrons. The summed E-state index contributed by atoms with van der Waals surface area (Å²) < 4.78 is 89.4. The molecular weight excluding hydrogens is 496 g/mol. The van der Waals surface area contributed by atoms with Gasteiger partial charge in [0.15, 0.2) is 0 Å². The van der Waals surface area contributed by atoms with Crippen LogP contribution in [0.15, 0.2) is 42.5 Å². The van der Waals surface area contributed by atoms with Crippen molar-refractivity contribution >= 4 is 32.0 Å². The Morgan fingerprint density at radius 2 is 1.41 bits per heavy atom. The van der Waals surface area contributed by atoms with E-state index in [-0.39, 0.29) is 17.9 Å². The van der Waals surface area contributed by atoms with E-state index in [4.69, 9.17) is 13.1 Å². The number of hydrogen-bond acceptors (Lipinski definition) is 8. The first-order chi connectivity index (χ1) is 15.8. The number of carbonyl (C=O) groups is 1. The number of halogens is 2. The zero-order valence-electron chi connectivity index (χ0n) is 18.2. The summed E-state index contributed by atoms with van der Waals surface area (Å²) in [7, 11) is -7.65. The zero-order valence-corrected chi connectivity index (χ0v) is 19.9. The van der Waals surface area contributed by atoms with E-state index in [1.807, 2.05) is 0 Å². The number of benzene rings is 2. The van der Waals surface area contributed by atoms with Gasteiger partial charge in [-0.3, -0.25) is 13.7 Å². The molecule has 0 spiro atoms. The summed E-state index contributed by atoms with van der Waals surface area (Å²) in [5.41, 5.74) is 0.154. The molecule has 0 bridgehead atoms. The van der Waals surface area contributed by atoms with Gasteiger partial charge in [-0.05, 0) is 29.5 Å². The molecule has 0 aliphatic heterocycles. The third-order valence-electron chi connectivity index (χ3n) is 5.15. The Hall–Kier alpha value is -2.61. The van der Waals surface area contributed by atoms with E-state index in [1.165, 1.54) is 0 Å². The standard InChI is InChI=1S/C21H23F2NO8S2/c1-33(26,27)31-11-15-16(12-32-34(2,28)29)19(15)20-17(22)8-14(9-18(20)23)24-21(25)30-10-13-6-4-3-5-7-13/h3-9,15-16,19H,10-12H2,1-2H3,(H,24,25)/t15-,16+,19?. The predicted molar refractivity (Wildman–Crippen MR) is 118 cm³/mol. The van der Waals surface area contributed by atoms with Crippen molar-refractivity contribution in [3.63, 3.8) is 0 Å².